The van der Waals surface area contributed by atoms with Crippen LogP contribution in [0.5, 0.6) is 0 Å². The molecule has 3 rings (SSSR count). The predicted octanol–water partition coefficient (Wildman–Crippen LogP) is 4.30. The van der Waals surface area contributed by atoms with Crippen LogP contribution in [0.15, 0.2) is 34.9 Å². The average molecular weight is 366 g/mol. The van der Waals surface area contributed by atoms with Crippen molar-refractivity contribution in [1.82, 2.24) is 14.8 Å². The molecule has 0 atom stereocenters. The molecular weight excluding hydrogens is 352 g/mol. The highest BCUT2D eigenvalue weighted by Crippen LogP contribution is 2.23. The minimum Gasteiger partial charge on any atom is -0.380 e. The van der Waals surface area contributed by atoms with Crippen molar-refractivity contribution in [3.05, 3.63) is 51.2 Å². The zero-order valence-electron chi connectivity index (χ0n) is 11.7. The lowest BCUT2D eigenvalue weighted by molar-refractivity contribution is 0.774. The largest absolute Gasteiger partial charge is 0.380 e. The van der Waals surface area contributed by atoms with Crippen molar-refractivity contribution < 1.29 is 0 Å². The van der Waals surface area contributed by atoms with Crippen LogP contribution in [0, 0.1) is 6.92 Å². The summed E-state index contributed by atoms with van der Waals surface area (Å²) in [5.41, 5.74) is 3.85. The Balaban J connectivity index is 1.85. The van der Waals surface area contributed by atoms with Crippen molar-refractivity contribution in [2.45, 2.75) is 13.5 Å². The molecule has 0 unspecified atom stereocenters. The van der Waals surface area contributed by atoms with Crippen LogP contribution in [-0.4, -0.2) is 14.8 Å². The Kier molecular flexibility index (Phi) is 3.87. The molecule has 3 aromatic rings. The first kappa shape index (κ1) is 14.4. The average Bonchev–Trinajstić information content (AvgIpc) is 2.75. The number of nitrogens with one attached hydrogen (secondary N) is 1. The van der Waals surface area contributed by atoms with Gasteiger partial charge in [0.25, 0.3) is 0 Å². The number of nitrogens with zero attached hydrogens (tertiary/aromatic N) is 3. The number of rotatable bonds is 3. The van der Waals surface area contributed by atoms with Gasteiger partial charge in [0.2, 0.25) is 0 Å². The molecule has 0 amide bonds. The van der Waals surface area contributed by atoms with Crippen LogP contribution >= 0.6 is 27.5 Å². The van der Waals surface area contributed by atoms with Gasteiger partial charge in [-0.15, -0.1) is 0 Å². The van der Waals surface area contributed by atoms with Gasteiger partial charge in [0.15, 0.2) is 5.65 Å². The molecule has 1 N–H and O–H groups in total. The van der Waals surface area contributed by atoms with Gasteiger partial charge in [0.05, 0.1) is 17.6 Å². The number of aryl methyl sites for hydroxylation is 2. The number of hydrogen-bond donors (Lipinski definition) is 1. The molecule has 4 nitrogen and oxygen atoms in total. The predicted molar refractivity (Wildman–Crippen MR) is 89.7 cm³/mol. The molecule has 0 bridgehead atoms. The molecule has 2 aromatic heterocycles. The quantitative estimate of drug-likeness (QED) is 0.752. The Labute approximate surface area is 136 Å². The molecule has 0 aliphatic carbocycles. The lowest BCUT2D eigenvalue weighted by Crippen LogP contribution is -2.01. The monoisotopic (exact) mass is 364 g/mol. The van der Waals surface area contributed by atoms with E-state index < -0.39 is 0 Å². The van der Waals surface area contributed by atoms with Crippen LogP contribution in [0.1, 0.15) is 11.3 Å². The van der Waals surface area contributed by atoms with Gasteiger partial charge in [-0.25, -0.2) is 4.98 Å². The van der Waals surface area contributed by atoms with Crippen LogP contribution in [0.2, 0.25) is 5.02 Å². The van der Waals surface area contributed by atoms with Crippen molar-refractivity contribution >= 4 is 44.3 Å². The Hall–Kier alpha value is -1.59. The van der Waals surface area contributed by atoms with E-state index in [-0.39, 0.29) is 0 Å². The standard InChI is InChI=1S/C15H14BrClN4/c1-9-13-6-12(8-19-15(13)21(2)20-9)18-7-10-5-11(16)3-4-14(10)17/h3-6,8,18H,7H2,1-2H3. The summed E-state index contributed by atoms with van der Waals surface area (Å²) in [4.78, 5) is 4.45. The number of halogens is 2. The topological polar surface area (TPSA) is 42.7 Å². The molecular formula is C15H14BrClN4. The Morgan fingerprint density at radius 1 is 1.33 bits per heavy atom. The zero-order valence-corrected chi connectivity index (χ0v) is 14.0. The van der Waals surface area contributed by atoms with Gasteiger partial charge in [0.1, 0.15) is 0 Å². The molecule has 0 fully saturated rings. The number of fused-ring (bicyclic) bond motifs is 1. The second-order valence-corrected chi connectivity index (χ2v) is 6.22. The van der Waals surface area contributed by atoms with E-state index in [2.05, 4.69) is 37.4 Å². The summed E-state index contributed by atoms with van der Waals surface area (Å²) in [7, 11) is 1.90. The van der Waals surface area contributed by atoms with Crippen LogP contribution in [-0.2, 0) is 13.6 Å². The molecule has 0 spiro atoms. The summed E-state index contributed by atoms with van der Waals surface area (Å²) >= 11 is 9.65. The summed E-state index contributed by atoms with van der Waals surface area (Å²) < 4.78 is 2.81. The Bertz CT molecular complexity index is 813. The fourth-order valence-corrected chi connectivity index (χ4v) is 2.87. The summed E-state index contributed by atoms with van der Waals surface area (Å²) in [5, 5.41) is 9.53. The van der Waals surface area contributed by atoms with Crippen LogP contribution in [0.25, 0.3) is 11.0 Å². The van der Waals surface area contributed by atoms with E-state index in [1.54, 1.807) is 4.68 Å². The maximum absolute atomic E-state index is 6.20. The minimum absolute atomic E-state index is 0.644. The Morgan fingerprint density at radius 3 is 2.95 bits per heavy atom. The summed E-state index contributed by atoms with van der Waals surface area (Å²) in [5.74, 6) is 0. The molecule has 1 aromatic carbocycles. The van der Waals surface area contributed by atoms with E-state index >= 15 is 0 Å². The first-order chi connectivity index (χ1) is 10.0. The lowest BCUT2D eigenvalue weighted by atomic mass is 10.2. The smallest absolute Gasteiger partial charge is 0.157 e. The maximum Gasteiger partial charge on any atom is 0.157 e. The summed E-state index contributed by atoms with van der Waals surface area (Å²) in [6, 6.07) is 7.89. The molecule has 108 valence electrons. The van der Waals surface area contributed by atoms with Crippen molar-refractivity contribution in [3.8, 4) is 0 Å². The van der Waals surface area contributed by atoms with Gasteiger partial charge >= 0.3 is 0 Å². The maximum atomic E-state index is 6.20. The highest BCUT2D eigenvalue weighted by atomic mass is 79.9. The van der Waals surface area contributed by atoms with Crippen LogP contribution < -0.4 is 5.32 Å². The third-order valence-corrected chi connectivity index (χ3v) is 4.22. The fraction of sp³-hybridized carbons (Fsp3) is 0.200. The van der Waals surface area contributed by atoms with E-state index in [9.17, 15) is 0 Å². The third-order valence-electron chi connectivity index (χ3n) is 3.35. The molecule has 0 saturated carbocycles. The molecule has 0 aliphatic rings. The highest BCUT2D eigenvalue weighted by molar-refractivity contribution is 9.10. The lowest BCUT2D eigenvalue weighted by Gasteiger charge is -2.08. The van der Waals surface area contributed by atoms with Gasteiger partial charge in [0, 0.05) is 28.5 Å². The number of pyridine rings is 1. The minimum atomic E-state index is 0.644. The fourth-order valence-electron chi connectivity index (χ4n) is 2.28. The molecule has 21 heavy (non-hydrogen) atoms. The van der Waals surface area contributed by atoms with Crippen molar-refractivity contribution in [2.75, 3.05) is 5.32 Å². The van der Waals surface area contributed by atoms with E-state index in [4.69, 9.17) is 11.6 Å². The van der Waals surface area contributed by atoms with E-state index in [1.807, 2.05) is 38.4 Å². The van der Waals surface area contributed by atoms with E-state index in [1.165, 1.54) is 0 Å². The summed E-state index contributed by atoms with van der Waals surface area (Å²) in [6.45, 7) is 2.63. The van der Waals surface area contributed by atoms with E-state index in [0.717, 1.165) is 37.5 Å². The van der Waals surface area contributed by atoms with Crippen molar-refractivity contribution in [1.29, 1.82) is 0 Å². The van der Waals surface area contributed by atoms with Gasteiger partial charge in [-0.1, -0.05) is 27.5 Å². The highest BCUT2D eigenvalue weighted by Gasteiger charge is 2.07. The van der Waals surface area contributed by atoms with Gasteiger partial charge in [-0.2, -0.15) is 5.10 Å². The van der Waals surface area contributed by atoms with E-state index in [0.29, 0.717) is 6.54 Å². The molecule has 2 heterocycles. The first-order valence-electron chi connectivity index (χ1n) is 6.52. The van der Waals surface area contributed by atoms with Crippen molar-refractivity contribution in [2.24, 2.45) is 7.05 Å². The normalized spacial score (nSPS) is 11.0. The number of benzene rings is 1. The molecule has 0 saturated heterocycles. The number of hydrogen-bond acceptors (Lipinski definition) is 3. The third kappa shape index (κ3) is 2.89. The molecule has 0 aliphatic heterocycles. The van der Waals surface area contributed by atoms with Crippen LogP contribution in [0.4, 0.5) is 5.69 Å². The van der Waals surface area contributed by atoms with Crippen LogP contribution in [0.3, 0.4) is 0 Å². The molecule has 0 radical (unpaired) electrons. The number of anilines is 1. The second-order valence-electron chi connectivity index (χ2n) is 4.89. The SMILES string of the molecule is Cc1nn(C)c2ncc(NCc3cc(Br)ccc3Cl)cc12. The summed E-state index contributed by atoms with van der Waals surface area (Å²) in [6.07, 6.45) is 1.81. The molecule has 6 heteroatoms. The zero-order chi connectivity index (χ0) is 15.0. The van der Waals surface area contributed by atoms with Gasteiger partial charge < -0.3 is 5.32 Å². The van der Waals surface area contributed by atoms with Gasteiger partial charge in [-0.05, 0) is 36.8 Å². The number of aromatic nitrogens is 3. The van der Waals surface area contributed by atoms with Gasteiger partial charge in [-0.3, -0.25) is 4.68 Å². The second kappa shape index (κ2) is 5.66. The first-order valence-corrected chi connectivity index (χ1v) is 7.69. The van der Waals surface area contributed by atoms with Crippen molar-refractivity contribution in [3.63, 3.8) is 0 Å². The Morgan fingerprint density at radius 2 is 2.14 bits per heavy atom.